The third-order valence-corrected chi connectivity index (χ3v) is 2.37. The maximum absolute atomic E-state index is 9.51. The van der Waals surface area contributed by atoms with Gasteiger partial charge in [0.1, 0.15) is 0 Å². The summed E-state index contributed by atoms with van der Waals surface area (Å²) in [5.74, 6) is 0. The van der Waals surface area contributed by atoms with Crippen molar-refractivity contribution in [1.29, 1.82) is 0 Å². The number of hydrogen-bond acceptors (Lipinski definition) is 2. The molecule has 0 spiro atoms. The molecule has 86 valence electrons. The highest BCUT2D eigenvalue weighted by Crippen LogP contribution is 2.06. The van der Waals surface area contributed by atoms with Crippen molar-refractivity contribution in [3.63, 3.8) is 0 Å². The zero-order valence-corrected chi connectivity index (χ0v) is 10.3. The van der Waals surface area contributed by atoms with E-state index in [1.54, 1.807) is 0 Å². The van der Waals surface area contributed by atoms with Gasteiger partial charge in [0.05, 0.1) is 5.60 Å². The number of rotatable bonds is 8. The van der Waals surface area contributed by atoms with Gasteiger partial charge in [-0.1, -0.05) is 32.6 Å². The summed E-state index contributed by atoms with van der Waals surface area (Å²) in [7, 11) is 0. The molecule has 0 aromatic carbocycles. The molecule has 0 aromatic rings. The lowest BCUT2D eigenvalue weighted by atomic mass is 10.1. The molecule has 0 bridgehead atoms. The largest absolute Gasteiger partial charge is 0.389 e. The van der Waals surface area contributed by atoms with E-state index in [4.69, 9.17) is 0 Å². The Labute approximate surface area is 89.1 Å². The molecule has 0 aliphatic heterocycles. The molecule has 2 nitrogen and oxygen atoms in total. The number of nitrogens with one attached hydrogen (secondary N) is 1. The van der Waals surface area contributed by atoms with E-state index < -0.39 is 5.60 Å². The van der Waals surface area contributed by atoms with Gasteiger partial charge < -0.3 is 10.4 Å². The van der Waals surface area contributed by atoms with Crippen LogP contribution < -0.4 is 5.32 Å². The molecule has 0 rings (SSSR count). The van der Waals surface area contributed by atoms with Gasteiger partial charge in [-0.3, -0.25) is 0 Å². The fourth-order valence-electron chi connectivity index (χ4n) is 1.40. The Morgan fingerprint density at radius 3 is 2.36 bits per heavy atom. The van der Waals surface area contributed by atoms with E-state index >= 15 is 0 Å². The molecule has 14 heavy (non-hydrogen) atoms. The van der Waals surface area contributed by atoms with E-state index in [1.807, 2.05) is 13.8 Å². The number of hydrogen-bond donors (Lipinski definition) is 2. The predicted molar refractivity (Wildman–Crippen MR) is 62.5 cm³/mol. The predicted octanol–water partition coefficient (Wildman–Crippen LogP) is 2.71. The Bertz CT molecular complexity index is 129. The van der Waals surface area contributed by atoms with Gasteiger partial charge >= 0.3 is 0 Å². The second kappa shape index (κ2) is 7.24. The quantitative estimate of drug-likeness (QED) is 0.592. The van der Waals surface area contributed by atoms with Gasteiger partial charge in [-0.15, -0.1) is 0 Å². The molecule has 0 aliphatic carbocycles. The molecule has 2 heteroatoms. The van der Waals surface area contributed by atoms with Crippen LogP contribution in [0.25, 0.3) is 0 Å². The monoisotopic (exact) mass is 201 g/mol. The van der Waals surface area contributed by atoms with Gasteiger partial charge in [-0.2, -0.15) is 0 Å². The zero-order chi connectivity index (χ0) is 11.0. The fourth-order valence-corrected chi connectivity index (χ4v) is 1.40. The van der Waals surface area contributed by atoms with Gasteiger partial charge in [0.15, 0.2) is 0 Å². The minimum absolute atomic E-state index is 0.526. The summed E-state index contributed by atoms with van der Waals surface area (Å²) >= 11 is 0. The van der Waals surface area contributed by atoms with Crippen LogP contribution in [0.5, 0.6) is 0 Å². The van der Waals surface area contributed by atoms with Crippen molar-refractivity contribution in [2.24, 2.45) is 0 Å². The lowest BCUT2D eigenvalue weighted by molar-refractivity contribution is 0.0766. The summed E-state index contributed by atoms with van der Waals surface area (Å²) in [6, 6.07) is 0.526. The first-order valence-electron chi connectivity index (χ1n) is 5.91. The Kier molecular flexibility index (Phi) is 7.20. The first kappa shape index (κ1) is 13.9. The van der Waals surface area contributed by atoms with Gasteiger partial charge in [-0.25, -0.2) is 0 Å². The molecule has 0 aromatic heterocycles. The van der Waals surface area contributed by atoms with Crippen LogP contribution in [0.4, 0.5) is 0 Å². The van der Waals surface area contributed by atoms with E-state index in [0.29, 0.717) is 12.6 Å². The van der Waals surface area contributed by atoms with E-state index in [1.165, 1.54) is 32.1 Å². The van der Waals surface area contributed by atoms with E-state index in [2.05, 4.69) is 19.2 Å². The van der Waals surface area contributed by atoms with Crippen LogP contribution in [0.15, 0.2) is 0 Å². The zero-order valence-electron chi connectivity index (χ0n) is 10.3. The smallest absolute Gasteiger partial charge is 0.0715 e. The van der Waals surface area contributed by atoms with Gasteiger partial charge in [-0.05, 0) is 27.2 Å². The van der Waals surface area contributed by atoms with E-state index in [9.17, 15) is 5.11 Å². The summed E-state index contributed by atoms with van der Waals surface area (Å²) in [5.41, 5.74) is -0.586. The van der Waals surface area contributed by atoms with Crippen molar-refractivity contribution in [1.82, 2.24) is 5.32 Å². The van der Waals surface area contributed by atoms with Crippen LogP contribution in [0.2, 0.25) is 0 Å². The molecular formula is C12H27NO. The first-order valence-corrected chi connectivity index (χ1v) is 5.91. The molecule has 0 saturated carbocycles. The minimum Gasteiger partial charge on any atom is -0.389 e. The maximum atomic E-state index is 9.51. The average Bonchev–Trinajstić information content (AvgIpc) is 2.08. The Morgan fingerprint density at radius 2 is 1.86 bits per heavy atom. The van der Waals surface area contributed by atoms with Gasteiger partial charge in [0.25, 0.3) is 0 Å². The van der Waals surface area contributed by atoms with Crippen molar-refractivity contribution in [2.75, 3.05) is 6.54 Å². The molecule has 1 atom stereocenters. The van der Waals surface area contributed by atoms with Crippen LogP contribution in [0, 0.1) is 0 Å². The molecule has 0 fully saturated rings. The van der Waals surface area contributed by atoms with Crippen LogP contribution in [-0.4, -0.2) is 23.3 Å². The molecule has 2 N–H and O–H groups in total. The van der Waals surface area contributed by atoms with Crippen LogP contribution >= 0.6 is 0 Å². The van der Waals surface area contributed by atoms with E-state index in [0.717, 1.165) is 0 Å². The second-order valence-corrected chi connectivity index (χ2v) is 4.94. The van der Waals surface area contributed by atoms with Crippen LogP contribution in [0.3, 0.4) is 0 Å². The van der Waals surface area contributed by atoms with Crippen LogP contribution in [-0.2, 0) is 0 Å². The molecule has 0 saturated heterocycles. The van der Waals surface area contributed by atoms with Gasteiger partial charge in [0.2, 0.25) is 0 Å². The lowest BCUT2D eigenvalue weighted by Crippen LogP contribution is -2.39. The lowest BCUT2D eigenvalue weighted by Gasteiger charge is -2.21. The summed E-state index contributed by atoms with van der Waals surface area (Å²) in [6.45, 7) is 8.78. The number of unbranched alkanes of at least 4 members (excludes halogenated alkanes) is 3. The molecule has 0 unspecified atom stereocenters. The topological polar surface area (TPSA) is 32.3 Å². The first-order chi connectivity index (χ1) is 6.45. The van der Waals surface area contributed by atoms with Crippen molar-refractivity contribution in [3.8, 4) is 0 Å². The highest BCUT2D eigenvalue weighted by molar-refractivity contribution is 4.71. The highest BCUT2D eigenvalue weighted by atomic mass is 16.3. The van der Waals surface area contributed by atoms with Crippen LogP contribution in [0.1, 0.15) is 59.8 Å². The summed E-state index contributed by atoms with van der Waals surface area (Å²) in [5, 5.41) is 12.9. The third-order valence-electron chi connectivity index (χ3n) is 2.37. The maximum Gasteiger partial charge on any atom is 0.0715 e. The molecule has 0 amide bonds. The Balaban J connectivity index is 3.32. The second-order valence-electron chi connectivity index (χ2n) is 4.94. The fraction of sp³-hybridized carbons (Fsp3) is 1.00. The summed E-state index contributed by atoms with van der Waals surface area (Å²) < 4.78 is 0. The summed E-state index contributed by atoms with van der Waals surface area (Å²) in [4.78, 5) is 0. The van der Waals surface area contributed by atoms with Crippen molar-refractivity contribution < 1.29 is 5.11 Å². The molecule has 0 aliphatic rings. The highest BCUT2D eigenvalue weighted by Gasteiger charge is 2.13. The minimum atomic E-state index is -0.586. The van der Waals surface area contributed by atoms with Crippen molar-refractivity contribution >= 4 is 0 Å². The Hall–Kier alpha value is -0.0800. The van der Waals surface area contributed by atoms with Crippen molar-refractivity contribution in [3.05, 3.63) is 0 Å². The molecule has 0 radical (unpaired) electrons. The van der Waals surface area contributed by atoms with Crippen molar-refractivity contribution in [2.45, 2.75) is 71.4 Å². The normalized spacial score (nSPS) is 14.4. The van der Waals surface area contributed by atoms with Gasteiger partial charge in [0, 0.05) is 12.6 Å². The average molecular weight is 201 g/mol. The summed E-state index contributed by atoms with van der Waals surface area (Å²) in [6.07, 6.45) is 6.50. The Morgan fingerprint density at radius 1 is 1.21 bits per heavy atom. The third kappa shape index (κ3) is 10.0. The molecular weight excluding hydrogens is 174 g/mol. The SMILES string of the molecule is CCCCCC[C@H](C)NCC(C)(C)O. The standard InChI is InChI=1S/C12H27NO/c1-5-6-7-8-9-11(2)13-10-12(3,4)14/h11,13-14H,5-10H2,1-4H3/t11-/m0/s1. The molecule has 0 heterocycles. The number of aliphatic hydroxyl groups is 1. The van der Waals surface area contributed by atoms with E-state index in [-0.39, 0.29) is 0 Å².